The number of para-hydroxylation sites is 1. The molecule has 0 spiro atoms. The standard InChI is InChI=1S/C42H26O/c1-2-13-28(14-3-1)36-26-40-37(31-16-10-11-21-39(31)43-40)25-38(36)42-34-19-8-6-17-32(34)41(33-18-7-9-20-35(33)42)30-23-22-27-12-4-5-15-29(27)24-30/h1-26H/i4D,5D,10D,11D,12D,15D,16D,21D,22D,23D,24D,25D,26D. The maximum absolute atomic E-state index is 9.94. The Morgan fingerprint density at radius 2 is 1.02 bits per heavy atom. The van der Waals surface area contributed by atoms with Gasteiger partial charge in [0.05, 0.1) is 17.8 Å². The summed E-state index contributed by atoms with van der Waals surface area (Å²) in [6.07, 6.45) is 0. The predicted molar refractivity (Wildman–Crippen MR) is 183 cm³/mol. The van der Waals surface area contributed by atoms with E-state index < -0.39 is 60.4 Å². The predicted octanol–water partition coefficient (Wildman–Crippen LogP) is 12.0. The van der Waals surface area contributed by atoms with Crippen molar-refractivity contribution < 1.29 is 22.2 Å². The third-order valence-electron chi connectivity index (χ3n) is 7.82. The van der Waals surface area contributed by atoms with Gasteiger partial charge in [0.2, 0.25) is 0 Å². The van der Waals surface area contributed by atoms with Gasteiger partial charge >= 0.3 is 0 Å². The van der Waals surface area contributed by atoms with Crippen LogP contribution in [0.5, 0.6) is 0 Å². The molecule has 0 atom stereocenters. The first-order valence-electron chi connectivity index (χ1n) is 20.2. The van der Waals surface area contributed by atoms with Crippen molar-refractivity contribution >= 4 is 54.3 Å². The van der Waals surface area contributed by atoms with Crippen LogP contribution in [0.4, 0.5) is 0 Å². The minimum absolute atomic E-state index is 0.00526. The number of rotatable bonds is 3. The molecule has 0 unspecified atom stereocenters. The Kier molecular flexibility index (Phi) is 3.18. The second-order valence-corrected chi connectivity index (χ2v) is 10.2. The average Bonchev–Trinajstić information content (AvgIpc) is 3.62. The Labute approximate surface area is 267 Å². The molecule has 0 saturated heterocycles. The Hall–Kier alpha value is -5.66. The van der Waals surface area contributed by atoms with Gasteiger partial charge in [-0.15, -0.1) is 0 Å². The number of fused-ring (bicyclic) bond motifs is 6. The quantitative estimate of drug-likeness (QED) is 0.196. The molecule has 9 aromatic rings. The van der Waals surface area contributed by atoms with Crippen LogP contribution < -0.4 is 0 Å². The molecule has 0 fully saturated rings. The molecule has 1 heteroatoms. The smallest absolute Gasteiger partial charge is 0.136 e. The second-order valence-electron chi connectivity index (χ2n) is 10.2. The van der Waals surface area contributed by atoms with Gasteiger partial charge in [-0.25, -0.2) is 0 Å². The van der Waals surface area contributed by atoms with Crippen molar-refractivity contribution in [2.24, 2.45) is 0 Å². The molecule has 43 heavy (non-hydrogen) atoms. The summed E-state index contributed by atoms with van der Waals surface area (Å²) in [5.41, 5.74) is 1.82. The summed E-state index contributed by atoms with van der Waals surface area (Å²) in [4.78, 5) is 0. The van der Waals surface area contributed by atoms with Gasteiger partial charge in [-0.3, -0.25) is 0 Å². The highest BCUT2D eigenvalue weighted by Crippen LogP contribution is 2.48. The molecule has 0 amide bonds. The van der Waals surface area contributed by atoms with Crippen molar-refractivity contribution in [3.05, 3.63) is 157 Å². The van der Waals surface area contributed by atoms with E-state index in [1.54, 1.807) is 60.7 Å². The molecule has 0 radical (unpaired) electrons. The molecule has 8 aromatic carbocycles. The van der Waals surface area contributed by atoms with E-state index in [4.69, 9.17) is 16.8 Å². The van der Waals surface area contributed by atoms with Gasteiger partial charge in [0.15, 0.2) is 0 Å². The van der Waals surface area contributed by atoms with Crippen molar-refractivity contribution in [3.63, 3.8) is 0 Å². The fourth-order valence-electron chi connectivity index (χ4n) is 5.97. The lowest BCUT2D eigenvalue weighted by atomic mass is 9.83. The van der Waals surface area contributed by atoms with Crippen molar-refractivity contribution in [3.8, 4) is 33.4 Å². The van der Waals surface area contributed by atoms with E-state index in [9.17, 15) is 5.48 Å². The van der Waals surface area contributed by atoms with E-state index in [1.807, 2.05) is 18.2 Å². The molecule has 1 nitrogen and oxygen atoms in total. The SMILES string of the molecule is [2H]c1c([2H])c([2H])c2c(oc3c([2H])c(-c4ccccc4)c(-c4c5ccccc5c(-c5c([2H])c([2H])c6c([2H])c([2H])c([2H])c([2H])c6c5[2H])c5ccccc45)c([2H])c32)c1[2H]. The van der Waals surface area contributed by atoms with Gasteiger partial charge in [-0.05, 0) is 89.9 Å². The average molecular weight is 560 g/mol. The molecule has 200 valence electrons. The lowest BCUT2D eigenvalue weighted by molar-refractivity contribution is 0.669. The van der Waals surface area contributed by atoms with Crippen LogP contribution in [-0.2, 0) is 0 Å². The first-order chi connectivity index (χ1) is 26.8. The fraction of sp³-hybridized carbons (Fsp3) is 0. The van der Waals surface area contributed by atoms with E-state index >= 15 is 0 Å². The summed E-state index contributed by atoms with van der Waals surface area (Å²) in [7, 11) is 0. The lowest BCUT2D eigenvalue weighted by Gasteiger charge is -2.20. The highest BCUT2D eigenvalue weighted by atomic mass is 16.3. The summed E-state index contributed by atoms with van der Waals surface area (Å²) in [6, 6.07) is 17.9. The summed E-state index contributed by atoms with van der Waals surface area (Å²) < 4.78 is 121. The van der Waals surface area contributed by atoms with Crippen LogP contribution in [0.25, 0.3) is 87.6 Å². The Balaban J connectivity index is 1.52. The zero-order valence-electron chi connectivity index (χ0n) is 35.4. The normalized spacial score (nSPS) is 16.0. The third kappa shape index (κ3) is 3.72. The summed E-state index contributed by atoms with van der Waals surface area (Å²) in [6.45, 7) is 0. The molecule has 0 aliphatic heterocycles. The zero-order chi connectivity index (χ0) is 39.6. The Morgan fingerprint density at radius 1 is 0.395 bits per heavy atom. The van der Waals surface area contributed by atoms with E-state index in [-0.39, 0.29) is 62.0 Å². The van der Waals surface area contributed by atoms with Crippen molar-refractivity contribution in [1.29, 1.82) is 0 Å². The molecule has 0 saturated carbocycles. The molecule has 0 aliphatic rings. The molecule has 1 aromatic heterocycles. The van der Waals surface area contributed by atoms with Gasteiger partial charge in [0.1, 0.15) is 11.2 Å². The van der Waals surface area contributed by atoms with Crippen molar-refractivity contribution in [2.75, 3.05) is 0 Å². The van der Waals surface area contributed by atoms with Crippen LogP contribution in [0.2, 0.25) is 0 Å². The van der Waals surface area contributed by atoms with Gasteiger partial charge in [-0.1, -0.05) is 133 Å². The van der Waals surface area contributed by atoms with E-state index in [0.717, 1.165) is 0 Å². The van der Waals surface area contributed by atoms with Crippen LogP contribution >= 0.6 is 0 Å². The monoisotopic (exact) mass is 559 g/mol. The van der Waals surface area contributed by atoms with Gasteiger partial charge in [0.25, 0.3) is 0 Å². The van der Waals surface area contributed by atoms with Crippen LogP contribution in [-0.4, -0.2) is 0 Å². The third-order valence-corrected chi connectivity index (χ3v) is 7.82. The maximum atomic E-state index is 9.94. The highest BCUT2D eigenvalue weighted by molar-refractivity contribution is 6.23. The number of hydrogen-bond acceptors (Lipinski definition) is 1. The van der Waals surface area contributed by atoms with Crippen LogP contribution in [0.1, 0.15) is 17.8 Å². The minimum Gasteiger partial charge on any atom is -0.456 e. The van der Waals surface area contributed by atoms with Crippen LogP contribution in [0.15, 0.2) is 162 Å². The van der Waals surface area contributed by atoms with Crippen LogP contribution in [0, 0.1) is 0 Å². The zero-order valence-corrected chi connectivity index (χ0v) is 22.4. The molecule has 0 bridgehead atoms. The minimum atomic E-state index is -0.560. The summed E-state index contributed by atoms with van der Waals surface area (Å²) in [5.74, 6) is 0. The molecule has 0 N–H and O–H groups in total. The number of benzene rings is 8. The maximum Gasteiger partial charge on any atom is 0.136 e. The number of furan rings is 1. The molecule has 0 aliphatic carbocycles. The highest BCUT2D eigenvalue weighted by Gasteiger charge is 2.21. The van der Waals surface area contributed by atoms with E-state index in [1.165, 1.54) is 0 Å². The molecule has 1 heterocycles. The van der Waals surface area contributed by atoms with Crippen molar-refractivity contribution in [1.82, 2.24) is 0 Å². The molecule has 9 rings (SSSR count). The van der Waals surface area contributed by atoms with Gasteiger partial charge in [-0.2, -0.15) is 0 Å². The lowest BCUT2D eigenvalue weighted by Crippen LogP contribution is -1.93. The van der Waals surface area contributed by atoms with Crippen LogP contribution in [0.3, 0.4) is 0 Å². The largest absolute Gasteiger partial charge is 0.456 e. The number of hydrogen-bond donors (Lipinski definition) is 0. The molecular formula is C42H26O. The first kappa shape index (κ1) is 14.5. The summed E-state index contributed by atoms with van der Waals surface area (Å²) >= 11 is 0. The second kappa shape index (κ2) is 9.44. The fourth-order valence-corrected chi connectivity index (χ4v) is 5.97. The van der Waals surface area contributed by atoms with Crippen molar-refractivity contribution in [2.45, 2.75) is 0 Å². The van der Waals surface area contributed by atoms with E-state index in [0.29, 0.717) is 43.8 Å². The first-order valence-corrected chi connectivity index (χ1v) is 13.7. The topological polar surface area (TPSA) is 13.1 Å². The Bertz CT molecular complexity index is 3170. The molecular weight excluding hydrogens is 520 g/mol. The van der Waals surface area contributed by atoms with Gasteiger partial charge in [0, 0.05) is 10.8 Å². The van der Waals surface area contributed by atoms with Gasteiger partial charge < -0.3 is 4.42 Å². The summed E-state index contributed by atoms with van der Waals surface area (Å²) in [5, 5.41) is 1.74. The van der Waals surface area contributed by atoms with E-state index in [2.05, 4.69) is 0 Å². The Morgan fingerprint density at radius 3 is 1.77 bits per heavy atom.